The second-order valence-corrected chi connectivity index (χ2v) is 25.7. The van der Waals surface area contributed by atoms with Gasteiger partial charge in [-0.2, -0.15) is 0 Å². The minimum absolute atomic E-state index is 0.205. The Morgan fingerprint density at radius 3 is 1.11 bits per heavy atom. The molecule has 3 aliphatic heterocycles. The van der Waals surface area contributed by atoms with Crippen molar-refractivity contribution < 1.29 is 89.4 Å². The molecule has 19 heteroatoms. The van der Waals surface area contributed by atoms with Crippen LogP contribution in [0.5, 0.6) is 0 Å². The van der Waals surface area contributed by atoms with E-state index < -0.39 is 124 Å². The number of hydrogen-bond donors (Lipinski definition) is 12. The largest absolute Gasteiger partial charge is 0.394 e. The van der Waals surface area contributed by atoms with E-state index in [1.54, 1.807) is 6.08 Å². The number of aliphatic hydroxyl groups is 11. The predicted molar refractivity (Wildman–Crippen MR) is 383 cm³/mol. The van der Waals surface area contributed by atoms with Crippen molar-refractivity contribution in [1.82, 2.24) is 5.32 Å². The molecule has 17 unspecified atom stereocenters. The SMILES string of the molecule is CC/C=C\C/C=C\C/C=C\C/C=C\C/C=C\C/C=C\C/C=C\C/C=C\C/C=C\C/C=C\CCCCCCC(=O)NC(COC1OC(CO)C(OC2OC(CO)C(OC3OC(CO)C(O)C(O)C3O)C(O)C2O)C(O)C1O)C(O)/C=C/CCCCCCCCCCCCCCCCC. The fourth-order valence-corrected chi connectivity index (χ4v) is 11.5. The zero-order valence-corrected chi connectivity index (χ0v) is 58.7. The van der Waals surface area contributed by atoms with Crippen molar-refractivity contribution in [3.63, 3.8) is 0 Å². The van der Waals surface area contributed by atoms with E-state index in [9.17, 15) is 61.0 Å². The molecule has 0 aliphatic carbocycles. The summed E-state index contributed by atoms with van der Waals surface area (Å²) < 4.78 is 34.3. The molecule has 0 bridgehead atoms. The number of carbonyl (C=O) groups is 1. The maximum absolute atomic E-state index is 13.4. The average molecular weight is 1370 g/mol. The number of hydrogen-bond acceptors (Lipinski definition) is 18. The van der Waals surface area contributed by atoms with Gasteiger partial charge in [0.2, 0.25) is 5.91 Å². The molecule has 17 atom stereocenters. The van der Waals surface area contributed by atoms with Crippen molar-refractivity contribution in [3.8, 4) is 0 Å². The second kappa shape index (κ2) is 57.5. The summed E-state index contributed by atoms with van der Waals surface area (Å²) in [5.41, 5.74) is 0. The molecular weight excluding hydrogens is 1240 g/mol. The summed E-state index contributed by atoms with van der Waals surface area (Å²) >= 11 is 0. The standard InChI is InChI=1S/C78H129NO18/c1-3-5-7-9-11-13-15-17-19-21-22-23-24-25-26-27-28-29-30-31-32-33-34-35-36-37-38-40-42-44-46-48-50-52-54-56-66(84)79-61(62(83)55-53-51-49-47-45-43-41-39-20-18-16-14-12-10-8-6-4-2)60-92-76-72(90)69(87)74(64(58-81)94-76)97-78-73(91)70(88)75(65(59-82)95-78)96-77-71(89)68(86)67(85)63(57-80)93-77/h5,7,11,13,17,19,22-23,25-26,28-29,31-32,34-35,37-38,42,44,53,55,61-65,67-78,80-83,85-91H,3-4,6,8-10,12,14-16,18,20-21,24,27,30,33,36,39-41,43,45-52,54,56-60H2,1-2H3,(H,79,84)/b7-5-,13-11-,19-17-,23-22-,26-25-,29-28-,32-31-,35-34-,38-37-,44-42-,55-53+. The van der Waals surface area contributed by atoms with E-state index in [1.165, 1.54) is 77.0 Å². The summed E-state index contributed by atoms with van der Waals surface area (Å²) in [5, 5.41) is 121. The zero-order chi connectivity index (χ0) is 70.4. The van der Waals surface area contributed by atoms with Crippen LogP contribution in [-0.2, 0) is 33.2 Å². The monoisotopic (exact) mass is 1370 g/mol. The normalized spacial score (nSPS) is 27.7. The first-order chi connectivity index (χ1) is 47.3. The van der Waals surface area contributed by atoms with Gasteiger partial charge in [0.15, 0.2) is 18.9 Å². The van der Waals surface area contributed by atoms with E-state index in [-0.39, 0.29) is 18.9 Å². The molecule has 0 aromatic rings. The van der Waals surface area contributed by atoms with Crippen LogP contribution in [0.25, 0.3) is 0 Å². The fourth-order valence-electron chi connectivity index (χ4n) is 11.5. The third-order valence-corrected chi connectivity index (χ3v) is 17.5. The van der Waals surface area contributed by atoms with E-state index in [0.717, 1.165) is 116 Å². The number of ether oxygens (including phenoxy) is 6. The van der Waals surface area contributed by atoms with Gasteiger partial charge in [-0.05, 0) is 96.3 Å². The molecule has 1 amide bonds. The fraction of sp³-hybridized carbons (Fsp3) is 0.705. The van der Waals surface area contributed by atoms with Crippen molar-refractivity contribution in [2.45, 2.75) is 324 Å². The maximum atomic E-state index is 13.4. The molecule has 554 valence electrons. The van der Waals surface area contributed by atoms with Gasteiger partial charge in [-0.1, -0.05) is 250 Å². The number of carbonyl (C=O) groups excluding carboxylic acids is 1. The number of amides is 1. The van der Waals surface area contributed by atoms with E-state index >= 15 is 0 Å². The highest BCUT2D eigenvalue weighted by molar-refractivity contribution is 5.76. The minimum Gasteiger partial charge on any atom is -0.394 e. The first-order valence-electron chi connectivity index (χ1n) is 36.9. The van der Waals surface area contributed by atoms with E-state index in [2.05, 4.69) is 141 Å². The van der Waals surface area contributed by atoms with Crippen molar-refractivity contribution >= 4 is 5.91 Å². The van der Waals surface area contributed by atoms with Gasteiger partial charge in [0, 0.05) is 6.42 Å². The molecule has 3 saturated heterocycles. The summed E-state index contributed by atoms with van der Waals surface area (Å²) in [6, 6.07) is -0.998. The molecule has 0 radical (unpaired) electrons. The highest BCUT2D eigenvalue weighted by Crippen LogP contribution is 2.33. The molecule has 3 fully saturated rings. The molecule has 3 rings (SSSR count). The number of allylic oxidation sites excluding steroid dienone is 21. The van der Waals surface area contributed by atoms with Crippen molar-refractivity contribution in [2.24, 2.45) is 0 Å². The molecule has 12 N–H and O–H groups in total. The summed E-state index contributed by atoms with van der Waals surface area (Å²) in [6.45, 7) is 1.59. The summed E-state index contributed by atoms with van der Waals surface area (Å²) in [6.07, 6.45) is 54.2. The van der Waals surface area contributed by atoms with E-state index in [1.807, 2.05) is 6.08 Å². The lowest BCUT2D eigenvalue weighted by molar-refractivity contribution is -0.379. The van der Waals surface area contributed by atoms with Gasteiger partial charge >= 0.3 is 0 Å². The average Bonchev–Trinajstić information content (AvgIpc) is 0.792. The molecule has 0 aromatic heterocycles. The predicted octanol–water partition coefficient (Wildman–Crippen LogP) is 10.9. The van der Waals surface area contributed by atoms with E-state index in [0.29, 0.717) is 6.42 Å². The van der Waals surface area contributed by atoms with Crippen molar-refractivity contribution in [1.29, 1.82) is 0 Å². The summed E-state index contributed by atoms with van der Waals surface area (Å²) in [4.78, 5) is 13.4. The third-order valence-electron chi connectivity index (χ3n) is 17.5. The number of nitrogens with one attached hydrogen (secondary N) is 1. The van der Waals surface area contributed by atoms with Crippen LogP contribution in [0.2, 0.25) is 0 Å². The van der Waals surface area contributed by atoms with Crippen molar-refractivity contribution in [2.75, 3.05) is 26.4 Å². The van der Waals surface area contributed by atoms with Crippen LogP contribution in [-0.4, -0.2) is 193 Å². The van der Waals surface area contributed by atoms with Crippen LogP contribution in [0.3, 0.4) is 0 Å². The quantitative estimate of drug-likeness (QED) is 0.0199. The Balaban J connectivity index is 1.40. The molecule has 97 heavy (non-hydrogen) atoms. The second-order valence-electron chi connectivity index (χ2n) is 25.7. The van der Waals surface area contributed by atoms with Crippen LogP contribution in [0.1, 0.15) is 219 Å². The van der Waals surface area contributed by atoms with Gasteiger partial charge in [0.1, 0.15) is 73.2 Å². The molecule has 19 nitrogen and oxygen atoms in total. The first-order valence-corrected chi connectivity index (χ1v) is 36.9. The number of unbranched alkanes of at least 4 members (excludes halogenated alkanes) is 19. The highest BCUT2D eigenvalue weighted by Gasteiger charge is 2.53. The Bertz CT molecular complexity index is 2280. The van der Waals surface area contributed by atoms with Gasteiger partial charge in [0.05, 0.1) is 38.6 Å². The van der Waals surface area contributed by atoms with Gasteiger partial charge in [-0.15, -0.1) is 0 Å². The Hall–Kier alpha value is -4.07. The Kier molecular flexibility index (Phi) is 51.7. The van der Waals surface area contributed by atoms with Gasteiger partial charge in [-0.25, -0.2) is 0 Å². The van der Waals surface area contributed by atoms with Gasteiger partial charge in [-0.3, -0.25) is 4.79 Å². The first kappa shape index (κ1) is 87.1. The van der Waals surface area contributed by atoms with Crippen LogP contribution in [0.4, 0.5) is 0 Å². The van der Waals surface area contributed by atoms with Gasteiger partial charge in [0.25, 0.3) is 0 Å². The number of rotatable bonds is 55. The Morgan fingerprint density at radius 2 is 0.711 bits per heavy atom. The lowest BCUT2D eigenvalue weighted by atomic mass is 9.96. The zero-order valence-electron chi connectivity index (χ0n) is 58.7. The third kappa shape index (κ3) is 38.5. The van der Waals surface area contributed by atoms with Crippen LogP contribution in [0, 0.1) is 0 Å². The maximum Gasteiger partial charge on any atom is 0.220 e. The molecule has 3 heterocycles. The van der Waals surface area contributed by atoms with Crippen molar-refractivity contribution in [3.05, 3.63) is 134 Å². The lowest BCUT2D eigenvalue weighted by Crippen LogP contribution is -2.66. The molecule has 3 aliphatic rings. The Labute approximate surface area is 581 Å². The molecule has 0 spiro atoms. The summed E-state index contributed by atoms with van der Waals surface area (Å²) in [7, 11) is 0. The van der Waals surface area contributed by atoms with Gasteiger partial charge < -0.3 is 89.9 Å². The minimum atomic E-state index is -1.99. The Morgan fingerprint density at radius 1 is 0.381 bits per heavy atom. The summed E-state index contributed by atoms with van der Waals surface area (Å²) in [5.74, 6) is -0.305. The highest BCUT2D eigenvalue weighted by atomic mass is 16.8. The van der Waals surface area contributed by atoms with Crippen LogP contribution >= 0.6 is 0 Å². The van der Waals surface area contributed by atoms with Crippen LogP contribution in [0.15, 0.2) is 134 Å². The number of aliphatic hydroxyl groups excluding tert-OH is 11. The molecular formula is C78H129NO18. The topological polar surface area (TPSA) is 307 Å². The molecule has 0 saturated carbocycles. The van der Waals surface area contributed by atoms with Crippen LogP contribution < -0.4 is 5.32 Å². The van der Waals surface area contributed by atoms with E-state index in [4.69, 9.17) is 28.4 Å². The lowest BCUT2D eigenvalue weighted by Gasteiger charge is -2.48. The smallest absolute Gasteiger partial charge is 0.220 e. The molecule has 0 aromatic carbocycles.